The molecule has 1 heterocycles. The van der Waals surface area contributed by atoms with Gasteiger partial charge >= 0.3 is 0 Å². The van der Waals surface area contributed by atoms with Crippen molar-refractivity contribution in [3.05, 3.63) is 58.3 Å². The van der Waals surface area contributed by atoms with Crippen LogP contribution in [0.1, 0.15) is 30.9 Å². The molecule has 2 rings (SSSR count). The molecule has 0 bridgehead atoms. The molecular formula is C20H28N4OS. The summed E-state index contributed by atoms with van der Waals surface area (Å²) in [6, 6.07) is 12.3. The van der Waals surface area contributed by atoms with Crippen LogP contribution in [-0.2, 0) is 11.2 Å². The lowest BCUT2D eigenvalue weighted by atomic mass is 10.1. The van der Waals surface area contributed by atoms with Crippen LogP contribution in [0.5, 0.6) is 0 Å². The Hall–Kier alpha value is -2.34. The molecule has 1 atom stereocenters. The Morgan fingerprint density at radius 1 is 1.15 bits per heavy atom. The molecule has 6 heteroatoms. The van der Waals surface area contributed by atoms with E-state index in [1.807, 2.05) is 25.1 Å². The summed E-state index contributed by atoms with van der Waals surface area (Å²) in [4.78, 5) is 16.4. The topological polar surface area (TPSA) is 65.5 Å². The smallest absolute Gasteiger partial charge is 0.241 e. The molecule has 1 aromatic carbocycles. The number of carbonyl (C=O) groups excluding carboxylic acids is 1. The second-order valence-electron chi connectivity index (χ2n) is 6.12. The highest BCUT2D eigenvalue weighted by Gasteiger charge is 2.07. The van der Waals surface area contributed by atoms with Crippen LogP contribution in [0.3, 0.4) is 0 Å². The lowest BCUT2D eigenvalue weighted by molar-refractivity contribution is -0.119. The van der Waals surface area contributed by atoms with E-state index in [9.17, 15) is 4.79 Å². The fourth-order valence-electron chi connectivity index (χ4n) is 2.46. The number of hydrogen-bond acceptors (Lipinski definition) is 3. The number of nitrogens with one attached hydrogen (secondary N) is 3. The van der Waals surface area contributed by atoms with Gasteiger partial charge in [0.2, 0.25) is 5.91 Å². The molecule has 1 aromatic heterocycles. The first kappa shape index (κ1) is 20.0. The summed E-state index contributed by atoms with van der Waals surface area (Å²) >= 11 is 1.71. The van der Waals surface area contributed by atoms with Crippen molar-refractivity contribution >= 4 is 23.2 Å². The third-order valence-electron chi connectivity index (χ3n) is 3.99. The van der Waals surface area contributed by atoms with Gasteiger partial charge in [0.1, 0.15) is 6.54 Å². The number of amides is 1. The molecule has 1 amide bonds. The van der Waals surface area contributed by atoms with E-state index in [2.05, 4.69) is 56.8 Å². The molecule has 0 spiro atoms. The van der Waals surface area contributed by atoms with Gasteiger partial charge in [0.15, 0.2) is 5.96 Å². The van der Waals surface area contributed by atoms with E-state index in [0.29, 0.717) is 18.4 Å². The van der Waals surface area contributed by atoms with Crippen LogP contribution in [0.4, 0.5) is 0 Å². The molecule has 5 nitrogen and oxygen atoms in total. The maximum Gasteiger partial charge on any atom is 0.241 e. The summed E-state index contributed by atoms with van der Waals surface area (Å²) in [6.45, 7) is 6.47. The summed E-state index contributed by atoms with van der Waals surface area (Å²) in [5.41, 5.74) is 2.53. The van der Waals surface area contributed by atoms with Gasteiger partial charge in [-0.2, -0.15) is 11.3 Å². The summed E-state index contributed by atoms with van der Waals surface area (Å²) in [7, 11) is 0. The molecule has 0 radical (unpaired) electrons. The number of carbonyl (C=O) groups is 1. The SMILES string of the molecule is CCNC(=NCC(=O)NCCc1ccccc1)NCC(C)c1ccsc1. The molecular weight excluding hydrogens is 344 g/mol. The lowest BCUT2D eigenvalue weighted by Gasteiger charge is -2.15. The number of guanidine groups is 1. The van der Waals surface area contributed by atoms with E-state index in [0.717, 1.165) is 19.5 Å². The standard InChI is InChI=1S/C20H28N4OS/c1-3-21-20(23-13-16(2)18-10-12-26-15-18)24-14-19(25)22-11-9-17-7-5-4-6-8-17/h4-8,10,12,15-16H,3,9,11,13-14H2,1-2H3,(H,22,25)(H2,21,23,24). The third-order valence-corrected chi connectivity index (χ3v) is 4.69. The van der Waals surface area contributed by atoms with Crippen LogP contribution in [0.25, 0.3) is 0 Å². The maximum absolute atomic E-state index is 12.0. The van der Waals surface area contributed by atoms with Crippen molar-refractivity contribution in [2.75, 3.05) is 26.2 Å². The quantitative estimate of drug-likeness (QED) is 0.468. The number of aliphatic imine (C=N–C) groups is 1. The number of nitrogens with zero attached hydrogens (tertiary/aromatic N) is 1. The van der Waals surface area contributed by atoms with E-state index in [4.69, 9.17) is 0 Å². The molecule has 3 N–H and O–H groups in total. The van der Waals surface area contributed by atoms with E-state index in [1.165, 1.54) is 11.1 Å². The molecule has 2 aromatic rings. The Kier molecular flexibility index (Phi) is 8.69. The van der Waals surface area contributed by atoms with Gasteiger partial charge in [0, 0.05) is 19.6 Å². The average molecular weight is 373 g/mol. The van der Waals surface area contributed by atoms with Gasteiger partial charge in [0.05, 0.1) is 0 Å². The van der Waals surface area contributed by atoms with Crippen LogP contribution >= 0.6 is 11.3 Å². The molecule has 0 saturated heterocycles. The van der Waals surface area contributed by atoms with Crippen molar-refractivity contribution in [1.29, 1.82) is 0 Å². The number of thiophene rings is 1. The van der Waals surface area contributed by atoms with Crippen molar-refractivity contribution in [1.82, 2.24) is 16.0 Å². The van der Waals surface area contributed by atoms with Crippen LogP contribution < -0.4 is 16.0 Å². The molecule has 0 aliphatic rings. The Balaban J connectivity index is 1.73. The van der Waals surface area contributed by atoms with Crippen LogP contribution in [-0.4, -0.2) is 38.0 Å². The van der Waals surface area contributed by atoms with Crippen LogP contribution in [0.2, 0.25) is 0 Å². The summed E-state index contributed by atoms with van der Waals surface area (Å²) in [6.07, 6.45) is 0.826. The largest absolute Gasteiger partial charge is 0.357 e. The van der Waals surface area contributed by atoms with E-state index < -0.39 is 0 Å². The minimum atomic E-state index is -0.0657. The summed E-state index contributed by atoms with van der Waals surface area (Å²) < 4.78 is 0. The van der Waals surface area contributed by atoms with Crippen molar-refractivity contribution < 1.29 is 4.79 Å². The Bertz CT molecular complexity index is 670. The van der Waals surface area contributed by atoms with Crippen molar-refractivity contribution in [3.63, 3.8) is 0 Å². The molecule has 0 aliphatic heterocycles. The van der Waals surface area contributed by atoms with Crippen LogP contribution in [0, 0.1) is 0 Å². The number of hydrogen-bond donors (Lipinski definition) is 3. The zero-order valence-corrected chi connectivity index (χ0v) is 16.3. The molecule has 140 valence electrons. The van der Waals surface area contributed by atoms with Gasteiger partial charge in [-0.25, -0.2) is 4.99 Å². The predicted molar refractivity (Wildman–Crippen MR) is 110 cm³/mol. The van der Waals surface area contributed by atoms with Crippen molar-refractivity contribution in [3.8, 4) is 0 Å². The van der Waals surface area contributed by atoms with Crippen molar-refractivity contribution in [2.24, 2.45) is 4.99 Å². The molecule has 0 aliphatic carbocycles. The Labute approximate surface area is 159 Å². The monoisotopic (exact) mass is 372 g/mol. The van der Waals surface area contributed by atoms with Gasteiger partial charge in [0.25, 0.3) is 0 Å². The zero-order valence-electron chi connectivity index (χ0n) is 15.5. The minimum Gasteiger partial charge on any atom is -0.357 e. The molecule has 0 fully saturated rings. The maximum atomic E-state index is 12.0. The van der Waals surface area contributed by atoms with E-state index in [1.54, 1.807) is 11.3 Å². The Morgan fingerprint density at radius 3 is 2.65 bits per heavy atom. The fraction of sp³-hybridized carbons (Fsp3) is 0.400. The highest BCUT2D eigenvalue weighted by molar-refractivity contribution is 7.07. The third kappa shape index (κ3) is 7.27. The first-order chi connectivity index (χ1) is 12.7. The van der Waals surface area contributed by atoms with E-state index >= 15 is 0 Å². The molecule has 26 heavy (non-hydrogen) atoms. The van der Waals surface area contributed by atoms with Crippen LogP contribution in [0.15, 0.2) is 52.2 Å². The summed E-state index contributed by atoms with van der Waals surface area (Å²) in [5, 5.41) is 13.7. The highest BCUT2D eigenvalue weighted by atomic mass is 32.1. The van der Waals surface area contributed by atoms with Gasteiger partial charge in [-0.3, -0.25) is 4.79 Å². The Morgan fingerprint density at radius 2 is 1.96 bits per heavy atom. The average Bonchev–Trinajstić information content (AvgIpc) is 3.19. The zero-order chi connectivity index (χ0) is 18.6. The first-order valence-corrected chi connectivity index (χ1v) is 9.98. The second-order valence-corrected chi connectivity index (χ2v) is 6.90. The van der Waals surface area contributed by atoms with Gasteiger partial charge < -0.3 is 16.0 Å². The normalized spacial score (nSPS) is 12.5. The minimum absolute atomic E-state index is 0.0657. The number of rotatable bonds is 9. The molecule has 0 saturated carbocycles. The van der Waals surface area contributed by atoms with Crippen molar-refractivity contribution in [2.45, 2.75) is 26.2 Å². The lowest BCUT2D eigenvalue weighted by Crippen LogP contribution is -2.40. The predicted octanol–water partition coefficient (Wildman–Crippen LogP) is 2.77. The van der Waals surface area contributed by atoms with Gasteiger partial charge in [-0.05, 0) is 47.2 Å². The highest BCUT2D eigenvalue weighted by Crippen LogP contribution is 2.16. The second kappa shape index (κ2) is 11.3. The van der Waals surface area contributed by atoms with E-state index in [-0.39, 0.29) is 12.5 Å². The number of benzene rings is 1. The van der Waals surface area contributed by atoms with Gasteiger partial charge in [-0.15, -0.1) is 0 Å². The summed E-state index contributed by atoms with van der Waals surface area (Å²) in [5.74, 6) is 1.00. The fourth-order valence-corrected chi connectivity index (χ4v) is 3.24. The molecule has 1 unspecified atom stereocenters. The first-order valence-electron chi connectivity index (χ1n) is 9.04. The van der Waals surface area contributed by atoms with Gasteiger partial charge in [-0.1, -0.05) is 37.3 Å².